The Morgan fingerprint density at radius 1 is 0.778 bits per heavy atom. The van der Waals surface area contributed by atoms with E-state index in [4.69, 9.17) is 26.8 Å². The number of rotatable bonds is 8. The van der Waals surface area contributed by atoms with Gasteiger partial charge in [-0.15, -0.1) is 0 Å². The zero-order chi connectivity index (χ0) is 25.7. The van der Waals surface area contributed by atoms with E-state index in [0.29, 0.717) is 33.3 Å². The Hall–Kier alpha value is -4.89. The maximum Gasteiger partial charge on any atom is 0.276 e. The average Bonchev–Trinajstić information content (AvgIpc) is 2.84. The summed E-state index contributed by atoms with van der Waals surface area (Å²) in [7, 11) is 0. The number of nitrogens with one attached hydrogen (secondary N) is 1. The summed E-state index contributed by atoms with van der Waals surface area (Å²) in [6.07, 6.45) is 0. The summed E-state index contributed by atoms with van der Waals surface area (Å²) in [5.41, 5.74) is 6.17. The molecule has 0 saturated heterocycles. The van der Waals surface area contributed by atoms with Crippen LogP contribution >= 0.6 is 11.6 Å². The Morgan fingerprint density at radius 3 is 1.97 bits per heavy atom. The second kappa shape index (κ2) is 10.6. The Morgan fingerprint density at radius 2 is 1.39 bits per heavy atom. The zero-order valence-corrected chi connectivity index (χ0v) is 19.3. The fraction of sp³-hybridized carbons (Fsp3) is 0. The van der Waals surface area contributed by atoms with Gasteiger partial charge in [-0.05, 0) is 66.7 Å². The van der Waals surface area contributed by atoms with Crippen LogP contribution in [-0.4, -0.2) is 16.7 Å². The van der Waals surface area contributed by atoms with E-state index in [1.807, 2.05) is 0 Å². The first-order chi connectivity index (χ1) is 17.3. The number of nitro benzene ring substituents is 1. The molecule has 0 atom stereocenters. The molecule has 0 saturated carbocycles. The van der Waals surface area contributed by atoms with E-state index in [1.165, 1.54) is 30.3 Å². The topological polar surface area (TPSA) is 134 Å². The summed E-state index contributed by atoms with van der Waals surface area (Å²) in [6.45, 7) is 0. The maximum atomic E-state index is 12.5. The molecule has 0 heterocycles. The number of carbonyl (C=O) groups is 2. The number of ether oxygens (including phenoxy) is 2. The molecule has 0 unspecified atom stereocenters. The van der Waals surface area contributed by atoms with Crippen LogP contribution in [0.3, 0.4) is 0 Å². The Balaban J connectivity index is 1.47. The molecular formula is C26H18ClN3O6. The first-order valence-electron chi connectivity index (χ1n) is 10.5. The number of benzene rings is 4. The van der Waals surface area contributed by atoms with Crippen LogP contribution in [0.2, 0.25) is 5.02 Å². The van der Waals surface area contributed by atoms with Crippen LogP contribution in [0.5, 0.6) is 23.0 Å². The van der Waals surface area contributed by atoms with E-state index in [1.54, 1.807) is 60.7 Å². The van der Waals surface area contributed by atoms with Gasteiger partial charge < -0.3 is 20.5 Å². The number of amides is 2. The maximum absolute atomic E-state index is 12.5. The molecule has 0 bridgehead atoms. The molecule has 0 fully saturated rings. The van der Waals surface area contributed by atoms with Crippen molar-refractivity contribution in [1.29, 1.82) is 0 Å². The number of carbonyl (C=O) groups excluding carboxylic acids is 2. The molecule has 3 N–H and O–H groups in total. The summed E-state index contributed by atoms with van der Waals surface area (Å²) in [6, 6.07) is 23.0. The van der Waals surface area contributed by atoms with E-state index < -0.39 is 10.8 Å². The highest BCUT2D eigenvalue weighted by molar-refractivity contribution is 6.30. The number of nitrogens with two attached hydrogens (primary N) is 1. The van der Waals surface area contributed by atoms with E-state index in [0.717, 1.165) is 0 Å². The lowest BCUT2D eigenvalue weighted by molar-refractivity contribution is -0.385. The van der Waals surface area contributed by atoms with Gasteiger partial charge in [0.15, 0.2) is 0 Å². The second-order valence-corrected chi connectivity index (χ2v) is 7.94. The smallest absolute Gasteiger partial charge is 0.276 e. The van der Waals surface area contributed by atoms with Crippen molar-refractivity contribution in [2.75, 3.05) is 5.32 Å². The van der Waals surface area contributed by atoms with Crippen molar-refractivity contribution < 1.29 is 24.0 Å². The molecular weight excluding hydrogens is 486 g/mol. The van der Waals surface area contributed by atoms with Crippen molar-refractivity contribution in [3.05, 3.63) is 117 Å². The van der Waals surface area contributed by atoms with E-state index in [-0.39, 0.29) is 23.1 Å². The molecule has 0 aliphatic rings. The monoisotopic (exact) mass is 503 g/mol. The quantitative estimate of drug-likeness (QED) is 0.217. The van der Waals surface area contributed by atoms with Crippen LogP contribution < -0.4 is 20.5 Å². The lowest BCUT2D eigenvalue weighted by Gasteiger charge is -2.10. The number of primary amides is 1. The molecule has 0 aliphatic heterocycles. The minimum Gasteiger partial charge on any atom is -0.457 e. The highest BCUT2D eigenvalue weighted by Crippen LogP contribution is 2.34. The first-order valence-corrected chi connectivity index (χ1v) is 10.9. The van der Waals surface area contributed by atoms with Crippen LogP contribution in [0.1, 0.15) is 20.7 Å². The largest absolute Gasteiger partial charge is 0.457 e. The third-order valence-corrected chi connectivity index (χ3v) is 5.12. The molecule has 180 valence electrons. The van der Waals surface area contributed by atoms with Crippen LogP contribution in [-0.2, 0) is 0 Å². The lowest BCUT2D eigenvalue weighted by Crippen LogP contribution is -2.13. The lowest BCUT2D eigenvalue weighted by atomic mass is 10.1. The summed E-state index contributed by atoms with van der Waals surface area (Å²) < 4.78 is 11.5. The van der Waals surface area contributed by atoms with Gasteiger partial charge in [-0.25, -0.2) is 0 Å². The van der Waals surface area contributed by atoms with Crippen LogP contribution in [0.4, 0.5) is 11.4 Å². The minimum absolute atomic E-state index is 0.174. The number of nitrogens with zero attached hydrogens (tertiary/aromatic N) is 1. The van der Waals surface area contributed by atoms with Crippen molar-refractivity contribution in [2.45, 2.75) is 0 Å². The van der Waals surface area contributed by atoms with Crippen molar-refractivity contribution in [1.82, 2.24) is 0 Å². The molecule has 0 radical (unpaired) electrons. The predicted molar refractivity (Wildman–Crippen MR) is 134 cm³/mol. The molecule has 9 nitrogen and oxygen atoms in total. The molecule has 36 heavy (non-hydrogen) atoms. The Kier molecular flexibility index (Phi) is 7.12. The van der Waals surface area contributed by atoms with Crippen molar-refractivity contribution >= 4 is 34.8 Å². The van der Waals surface area contributed by atoms with Gasteiger partial charge in [-0.1, -0.05) is 17.7 Å². The zero-order valence-electron chi connectivity index (χ0n) is 18.5. The number of non-ortho nitro benzene ring substituents is 1. The summed E-state index contributed by atoms with van der Waals surface area (Å²) in [5.74, 6) is 0.198. The normalized spacial score (nSPS) is 10.4. The van der Waals surface area contributed by atoms with Gasteiger partial charge in [0, 0.05) is 27.9 Å². The third-order valence-electron chi connectivity index (χ3n) is 4.89. The van der Waals surface area contributed by atoms with Crippen molar-refractivity contribution in [2.24, 2.45) is 5.73 Å². The van der Waals surface area contributed by atoms with Gasteiger partial charge in [0.1, 0.15) is 23.0 Å². The Bertz CT molecular complexity index is 1440. The SMILES string of the molecule is NC(=O)c1ccc(NC(=O)c2ccc(Oc3cc(Oc4cccc(Cl)c4)cc([N+](=O)[O-])c3)cc2)cc1. The van der Waals surface area contributed by atoms with Crippen LogP contribution in [0.25, 0.3) is 0 Å². The number of anilines is 1. The first kappa shape index (κ1) is 24.2. The Labute approximate surface area is 210 Å². The number of nitro groups is 1. The van der Waals surface area contributed by atoms with E-state index in [9.17, 15) is 19.7 Å². The minimum atomic E-state index is -0.560. The highest BCUT2D eigenvalue weighted by Gasteiger charge is 2.14. The number of hydrogen-bond donors (Lipinski definition) is 2. The van der Waals surface area contributed by atoms with E-state index >= 15 is 0 Å². The van der Waals surface area contributed by atoms with Crippen molar-refractivity contribution in [3.8, 4) is 23.0 Å². The van der Waals surface area contributed by atoms with Gasteiger partial charge in [0.2, 0.25) is 5.91 Å². The van der Waals surface area contributed by atoms with Gasteiger partial charge in [-0.3, -0.25) is 19.7 Å². The number of hydrogen-bond acceptors (Lipinski definition) is 6. The molecule has 0 spiro atoms. The standard InChI is InChI=1S/C26H18ClN3O6/c27-18-2-1-3-22(12-18)36-24-14-20(30(33)34)13-23(15-24)35-21-10-6-17(7-11-21)26(32)29-19-8-4-16(5-9-19)25(28)31/h1-15H,(H2,28,31)(H,29,32). The molecule has 4 rings (SSSR count). The predicted octanol–water partition coefficient (Wildman–Crippen LogP) is 6.18. The third kappa shape index (κ3) is 6.16. The molecule has 2 amide bonds. The molecule has 4 aromatic carbocycles. The second-order valence-electron chi connectivity index (χ2n) is 7.50. The van der Waals surface area contributed by atoms with Crippen LogP contribution in [0, 0.1) is 10.1 Å². The van der Waals surface area contributed by atoms with Gasteiger partial charge in [-0.2, -0.15) is 0 Å². The van der Waals surface area contributed by atoms with Gasteiger partial charge >= 0.3 is 0 Å². The fourth-order valence-corrected chi connectivity index (χ4v) is 3.36. The highest BCUT2D eigenvalue weighted by atomic mass is 35.5. The van der Waals surface area contributed by atoms with Gasteiger partial charge in [0.25, 0.3) is 11.6 Å². The summed E-state index contributed by atoms with van der Waals surface area (Å²) in [5, 5.41) is 14.6. The summed E-state index contributed by atoms with van der Waals surface area (Å²) in [4.78, 5) is 34.5. The van der Waals surface area contributed by atoms with Crippen LogP contribution in [0.15, 0.2) is 91.0 Å². The molecule has 4 aromatic rings. The molecule has 10 heteroatoms. The fourth-order valence-electron chi connectivity index (χ4n) is 3.18. The molecule has 0 aromatic heterocycles. The number of halogens is 1. The average molecular weight is 504 g/mol. The van der Waals surface area contributed by atoms with Crippen molar-refractivity contribution in [3.63, 3.8) is 0 Å². The summed E-state index contributed by atoms with van der Waals surface area (Å²) >= 11 is 5.97. The van der Waals surface area contributed by atoms with E-state index in [2.05, 4.69) is 5.32 Å². The van der Waals surface area contributed by atoms with Gasteiger partial charge in [0.05, 0.1) is 17.1 Å². The molecule has 0 aliphatic carbocycles.